The first-order valence-corrected chi connectivity index (χ1v) is 7.46. The highest BCUT2D eigenvalue weighted by molar-refractivity contribution is 5.80. The van der Waals surface area contributed by atoms with Gasteiger partial charge in [0.15, 0.2) is 6.10 Å². The zero-order valence-corrected chi connectivity index (χ0v) is 14.0. The summed E-state index contributed by atoms with van der Waals surface area (Å²) >= 11 is 0. The summed E-state index contributed by atoms with van der Waals surface area (Å²) in [5.74, 6) is 0.615. The van der Waals surface area contributed by atoms with Gasteiger partial charge in [-0.3, -0.25) is 4.79 Å². The predicted octanol–water partition coefficient (Wildman–Crippen LogP) is 2.48. The van der Waals surface area contributed by atoms with Crippen LogP contribution in [0.4, 0.5) is 0 Å². The van der Waals surface area contributed by atoms with E-state index in [0.29, 0.717) is 12.3 Å². The molecule has 1 amide bonds. The molecule has 2 atom stereocenters. The molecule has 4 heteroatoms. The van der Waals surface area contributed by atoms with Crippen LogP contribution in [-0.2, 0) is 10.2 Å². The van der Waals surface area contributed by atoms with Gasteiger partial charge in [-0.05, 0) is 44.0 Å². The topological polar surface area (TPSA) is 50.4 Å². The molecule has 0 heterocycles. The van der Waals surface area contributed by atoms with Gasteiger partial charge in [0.2, 0.25) is 0 Å². The average molecular weight is 292 g/mol. The number of amides is 1. The fourth-order valence-corrected chi connectivity index (χ4v) is 1.79. The number of ether oxygens (including phenoxy) is 1. The number of nitrogens with one attached hydrogen (secondary N) is 2. The van der Waals surface area contributed by atoms with Crippen molar-refractivity contribution in [2.75, 3.05) is 13.6 Å². The van der Waals surface area contributed by atoms with Gasteiger partial charge < -0.3 is 15.4 Å². The van der Waals surface area contributed by atoms with Crippen molar-refractivity contribution in [3.05, 3.63) is 29.8 Å². The van der Waals surface area contributed by atoms with Gasteiger partial charge in [-0.25, -0.2) is 0 Å². The fourth-order valence-electron chi connectivity index (χ4n) is 1.79. The number of hydrogen-bond acceptors (Lipinski definition) is 3. The molecule has 0 saturated carbocycles. The van der Waals surface area contributed by atoms with Crippen LogP contribution in [0.15, 0.2) is 24.3 Å². The van der Waals surface area contributed by atoms with Crippen molar-refractivity contribution in [1.29, 1.82) is 0 Å². The molecule has 118 valence electrons. The summed E-state index contributed by atoms with van der Waals surface area (Å²) in [4.78, 5) is 11.9. The first kappa shape index (κ1) is 17.5. The molecule has 0 aliphatic rings. The molecule has 0 radical (unpaired) electrons. The molecule has 0 spiro atoms. The Morgan fingerprint density at radius 2 is 1.76 bits per heavy atom. The van der Waals surface area contributed by atoms with E-state index in [1.54, 1.807) is 6.92 Å². The highest BCUT2D eigenvalue weighted by Crippen LogP contribution is 2.24. The minimum absolute atomic E-state index is 0.100. The summed E-state index contributed by atoms with van der Waals surface area (Å²) in [7, 11) is 1.87. The van der Waals surface area contributed by atoms with Gasteiger partial charge in [-0.1, -0.05) is 32.9 Å². The van der Waals surface area contributed by atoms with Crippen molar-refractivity contribution in [1.82, 2.24) is 10.6 Å². The van der Waals surface area contributed by atoms with E-state index < -0.39 is 6.10 Å². The molecular formula is C17H28N2O2. The Kier molecular flexibility index (Phi) is 6.21. The van der Waals surface area contributed by atoms with Crippen LogP contribution >= 0.6 is 0 Å². The monoisotopic (exact) mass is 292 g/mol. The van der Waals surface area contributed by atoms with E-state index in [-0.39, 0.29) is 17.4 Å². The Hall–Kier alpha value is -1.55. The number of hydrogen-bond donors (Lipinski definition) is 2. The quantitative estimate of drug-likeness (QED) is 0.847. The van der Waals surface area contributed by atoms with Gasteiger partial charge in [0.05, 0.1) is 0 Å². The number of carbonyl (C=O) groups is 1. The second kappa shape index (κ2) is 7.46. The van der Waals surface area contributed by atoms with Gasteiger partial charge in [0, 0.05) is 12.6 Å². The lowest BCUT2D eigenvalue weighted by Crippen LogP contribution is -2.42. The Morgan fingerprint density at radius 3 is 2.24 bits per heavy atom. The maximum absolute atomic E-state index is 11.9. The second-order valence-corrected chi connectivity index (χ2v) is 6.47. The zero-order chi connectivity index (χ0) is 16.0. The van der Waals surface area contributed by atoms with Gasteiger partial charge in [-0.15, -0.1) is 0 Å². The number of likely N-dealkylation sites (N-methyl/N-ethyl adjacent to an activating group) is 1. The molecule has 0 bridgehead atoms. The van der Waals surface area contributed by atoms with Gasteiger partial charge in [-0.2, -0.15) is 0 Å². The molecule has 0 aliphatic carbocycles. The lowest BCUT2D eigenvalue weighted by atomic mass is 9.87. The minimum Gasteiger partial charge on any atom is -0.481 e. The van der Waals surface area contributed by atoms with Crippen LogP contribution in [0.25, 0.3) is 0 Å². The molecule has 2 N–H and O–H groups in total. The molecule has 21 heavy (non-hydrogen) atoms. The van der Waals surface area contributed by atoms with Crippen LogP contribution in [0.3, 0.4) is 0 Å². The van der Waals surface area contributed by atoms with E-state index in [4.69, 9.17) is 4.74 Å². The number of carbonyl (C=O) groups excluding carboxylic acids is 1. The predicted molar refractivity (Wildman–Crippen MR) is 86.8 cm³/mol. The lowest BCUT2D eigenvalue weighted by molar-refractivity contribution is -0.127. The van der Waals surface area contributed by atoms with Crippen molar-refractivity contribution < 1.29 is 9.53 Å². The first-order chi connectivity index (χ1) is 9.74. The summed E-state index contributed by atoms with van der Waals surface area (Å²) in [5, 5.41) is 5.94. The Labute approximate surface area is 128 Å². The van der Waals surface area contributed by atoms with Crippen molar-refractivity contribution in [3.63, 3.8) is 0 Å². The zero-order valence-electron chi connectivity index (χ0n) is 14.0. The first-order valence-electron chi connectivity index (χ1n) is 7.46. The van der Waals surface area contributed by atoms with Crippen LogP contribution in [0, 0.1) is 0 Å². The van der Waals surface area contributed by atoms with Gasteiger partial charge >= 0.3 is 0 Å². The normalized spacial score (nSPS) is 14.4. The highest BCUT2D eigenvalue weighted by Gasteiger charge is 2.16. The third kappa shape index (κ3) is 5.76. The minimum atomic E-state index is -0.505. The maximum Gasteiger partial charge on any atom is 0.260 e. The largest absolute Gasteiger partial charge is 0.481 e. The summed E-state index contributed by atoms with van der Waals surface area (Å²) < 4.78 is 5.68. The smallest absolute Gasteiger partial charge is 0.260 e. The van der Waals surface area contributed by atoms with Crippen molar-refractivity contribution in [3.8, 4) is 5.75 Å². The molecule has 0 fully saturated rings. The SMILES string of the molecule is CNC(C)CNC(=O)C(C)Oc1ccc(C(C)(C)C)cc1. The van der Waals surface area contributed by atoms with Crippen molar-refractivity contribution in [2.45, 2.75) is 52.2 Å². The summed E-state index contributed by atoms with van der Waals surface area (Å²) in [6.45, 7) is 10.9. The molecule has 0 aromatic heterocycles. The van der Waals surface area contributed by atoms with E-state index in [0.717, 1.165) is 0 Å². The maximum atomic E-state index is 11.9. The Bertz CT molecular complexity index is 449. The van der Waals surface area contributed by atoms with E-state index in [2.05, 4.69) is 31.4 Å². The molecule has 0 saturated heterocycles. The van der Waals surface area contributed by atoms with E-state index in [1.165, 1.54) is 5.56 Å². The number of benzene rings is 1. The van der Waals surface area contributed by atoms with Crippen LogP contribution in [0.1, 0.15) is 40.2 Å². The van der Waals surface area contributed by atoms with E-state index in [9.17, 15) is 4.79 Å². The van der Waals surface area contributed by atoms with Crippen LogP contribution in [0.5, 0.6) is 5.75 Å². The van der Waals surface area contributed by atoms with Gasteiger partial charge in [0.25, 0.3) is 5.91 Å². The lowest BCUT2D eigenvalue weighted by Gasteiger charge is -2.20. The van der Waals surface area contributed by atoms with E-state index >= 15 is 0 Å². The molecule has 1 aromatic carbocycles. The molecular weight excluding hydrogens is 264 g/mol. The molecule has 4 nitrogen and oxygen atoms in total. The third-order valence-electron chi connectivity index (χ3n) is 3.48. The summed E-state index contributed by atoms with van der Waals surface area (Å²) in [5.41, 5.74) is 1.36. The molecule has 1 rings (SSSR count). The molecule has 1 aromatic rings. The molecule has 0 aliphatic heterocycles. The Balaban J connectivity index is 2.54. The standard InChI is InChI=1S/C17H28N2O2/c1-12(18-6)11-19-16(20)13(2)21-15-9-7-14(8-10-15)17(3,4)5/h7-10,12-13,18H,11H2,1-6H3,(H,19,20). The summed E-state index contributed by atoms with van der Waals surface area (Å²) in [6, 6.07) is 8.17. The van der Waals surface area contributed by atoms with Crippen LogP contribution in [-0.4, -0.2) is 31.6 Å². The highest BCUT2D eigenvalue weighted by atomic mass is 16.5. The number of rotatable bonds is 6. The van der Waals surface area contributed by atoms with E-state index in [1.807, 2.05) is 38.2 Å². The Morgan fingerprint density at radius 1 is 1.19 bits per heavy atom. The second-order valence-electron chi connectivity index (χ2n) is 6.47. The van der Waals surface area contributed by atoms with Crippen LogP contribution in [0.2, 0.25) is 0 Å². The van der Waals surface area contributed by atoms with Crippen molar-refractivity contribution in [2.24, 2.45) is 0 Å². The van der Waals surface area contributed by atoms with Gasteiger partial charge in [0.1, 0.15) is 5.75 Å². The molecule has 2 unspecified atom stereocenters. The van der Waals surface area contributed by atoms with Crippen LogP contribution < -0.4 is 15.4 Å². The third-order valence-corrected chi connectivity index (χ3v) is 3.48. The average Bonchev–Trinajstić information content (AvgIpc) is 2.43. The fraction of sp³-hybridized carbons (Fsp3) is 0.588. The summed E-state index contributed by atoms with van der Waals surface area (Å²) in [6.07, 6.45) is -0.505. The van der Waals surface area contributed by atoms with Crippen molar-refractivity contribution >= 4 is 5.91 Å².